The van der Waals surface area contributed by atoms with Crippen molar-refractivity contribution in [1.29, 1.82) is 0 Å². The predicted octanol–water partition coefficient (Wildman–Crippen LogP) is 0.432. The van der Waals surface area contributed by atoms with Crippen LogP contribution < -0.4 is 11.1 Å². The van der Waals surface area contributed by atoms with Crippen LogP contribution in [0, 0.1) is 0 Å². The molecule has 1 saturated heterocycles. The van der Waals surface area contributed by atoms with Crippen LogP contribution in [0.4, 0.5) is 4.79 Å². The van der Waals surface area contributed by atoms with Crippen LogP contribution in [0.25, 0.3) is 0 Å². The summed E-state index contributed by atoms with van der Waals surface area (Å²) < 4.78 is 10.4. The van der Waals surface area contributed by atoms with Gasteiger partial charge in [-0.05, 0) is 12.0 Å². The Kier molecular flexibility index (Phi) is 5.98. The predicted molar refractivity (Wildman–Crippen MR) is 77.8 cm³/mol. The molecule has 0 aliphatic carbocycles. The van der Waals surface area contributed by atoms with E-state index in [0.717, 1.165) is 5.56 Å². The van der Waals surface area contributed by atoms with Crippen LogP contribution in [0.15, 0.2) is 30.3 Å². The number of hydrogen-bond acceptors (Lipinski definition) is 5. The third-order valence-corrected chi connectivity index (χ3v) is 3.47. The first-order chi connectivity index (χ1) is 10.2. The largest absolute Gasteiger partial charge is 0.444 e. The molecule has 4 N–H and O–H groups in total. The van der Waals surface area contributed by atoms with E-state index in [2.05, 4.69) is 5.32 Å². The first kappa shape index (κ1) is 15.8. The molecule has 1 aromatic carbocycles. The minimum Gasteiger partial charge on any atom is -0.444 e. The Morgan fingerprint density at radius 3 is 2.86 bits per heavy atom. The lowest BCUT2D eigenvalue weighted by atomic mass is 10.0. The van der Waals surface area contributed by atoms with Crippen LogP contribution in [-0.4, -0.2) is 49.2 Å². The first-order valence-electron chi connectivity index (χ1n) is 7.16. The van der Waals surface area contributed by atoms with E-state index in [1.54, 1.807) is 0 Å². The highest BCUT2D eigenvalue weighted by Crippen LogP contribution is 2.10. The molecule has 1 fully saturated rings. The number of aliphatic hydroxyl groups is 1. The Labute approximate surface area is 124 Å². The second-order valence-corrected chi connectivity index (χ2v) is 5.13. The molecule has 6 heteroatoms. The van der Waals surface area contributed by atoms with Crippen molar-refractivity contribution in [3.63, 3.8) is 0 Å². The molecule has 1 amide bonds. The summed E-state index contributed by atoms with van der Waals surface area (Å²) in [5.41, 5.74) is 6.52. The van der Waals surface area contributed by atoms with Crippen LogP contribution in [0.3, 0.4) is 0 Å². The zero-order chi connectivity index (χ0) is 15.1. The smallest absolute Gasteiger partial charge is 0.407 e. The average Bonchev–Trinajstić information content (AvgIpc) is 2.99. The van der Waals surface area contributed by atoms with Crippen LogP contribution in [0.2, 0.25) is 0 Å². The molecule has 0 aromatic heterocycles. The van der Waals surface area contributed by atoms with Crippen molar-refractivity contribution in [1.82, 2.24) is 5.32 Å². The van der Waals surface area contributed by atoms with Crippen LogP contribution in [0.1, 0.15) is 12.0 Å². The normalized spacial score (nSPS) is 20.8. The van der Waals surface area contributed by atoms with Crippen LogP contribution in [-0.2, 0) is 15.9 Å². The lowest BCUT2D eigenvalue weighted by Gasteiger charge is -2.23. The summed E-state index contributed by atoms with van der Waals surface area (Å²) in [6.45, 7) is 1.11. The minimum atomic E-state index is -0.822. The number of alkyl carbamates (subject to hydrolysis) is 1. The number of nitrogens with two attached hydrogens (primary N) is 1. The summed E-state index contributed by atoms with van der Waals surface area (Å²) in [6.07, 6.45) is -0.375. The molecule has 0 saturated carbocycles. The second kappa shape index (κ2) is 7.97. The van der Waals surface area contributed by atoms with Gasteiger partial charge in [0, 0.05) is 13.0 Å². The zero-order valence-electron chi connectivity index (χ0n) is 11.9. The number of nitrogens with one attached hydrogen (secondary N) is 1. The highest BCUT2D eigenvalue weighted by atomic mass is 16.6. The van der Waals surface area contributed by atoms with Crippen molar-refractivity contribution >= 4 is 6.09 Å². The number of benzene rings is 1. The van der Waals surface area contributed by atoms with Crippen molar-refractivity contribution < 1.29 is 19.4 Å². The van der Waals surface area contributed by atoms with Crippen molar-refractivity contribution in [2.75, 3.05) is 19.8 Å². The topological polar surface area (TPSA) is 93.8 Å². The Morgan fingerprint density at radius 2 is 2.24 bits per heavy atom. The molecule has 1 aliphatic heterocycles. The van der Waals surface area contributed by atoms with Gasteiger partial charge < -0.3 is 25.6 Å². The molecule has 2 rings (SSSR count). The molecule has 3 atom stereocenters. The molecule has 6 nitrogen and oxygen atoms in total. The Morgan fingerprint density at radius 1 is 1.48 bits per heavy atom. The Hall–Kier alpha value is -1.63. The molecule has 0 spiro atoms. The van der Waals surface area contributed by atoms with E-state index in [1.165, 1.54) is 0 Å². The van der Waals surface area contributed by atoms with E-state index in [0.29, 0.717) is 26.1 Å². The molecule has 0 radical (unpaired) electrons. The van der Waals surface area contributed by atoms with Gasteiger partial charge in [-0.25, -0.2) is 4.79 Å². The van der Waals surface area contributed by atoms with Gasteiger partial charge in [-0.15, -0.1) is 0 Å². The number of carbonyl (C=O) groups is 1. The summed E-state index contributed by atoms with van der Waals surface area (Å²) >= 11 is 0. The number of rotatable bonds is 6. The summed E-state index contributed by atoms with van der Waals surface area (Å²) in [4.78, 5) is 11.9. The summed E-state index contributed by atoms with van der Waals surface area (Å²) in [5, 5.41) is 12.7. The number of aliphatic hydroxyl groups excluding tert-OH is 1. The Bertz CT molecular complexity index is 435. The van der Waals surface area contributed by atoms with Gasteiger partial charge in [-0.1, -0.05) is 30.3 Å². The lowest BCUT2D eigenvalue weighted by Crippen LogP contribution is -2.48. The van der Waals surface area contributed by atoms with Gasteiger partial charge in [0.1, 0.15) is 6.10 Å². The van der Waals surface area contributed by atoms with Gasteiger partial charge in [-0.3, -0.25) is 0 Å². The SMILES string of the molecule is NC[C@@H](O)[C@H](Cc1ccccc1)NC(=O)O[C@H]1CCOC1. The fourth-order valence-corrected chi connectivity index (χ4v) is 2.26. The minimum absolute atomic E-state index is 0.0737. The van der Waals surface area contributed by atoms with Gasteiger partial charge >= 0.3 is 6.09 Å². The summed E-state index contributed by atoms with van der Waals surface area (Å²) in [6, 6.07) is 9.14. The van der Waals surface area contributed by atoms with Gasteiger partial charge in [0.05, 0.1) is 25.4 Å². The maximum Gasteiger partial charge on any atom is 0.407 e. The van der Waals surface area contributed by atoms with Crippen molar-refractivity contribution in [2.24, 2.45) is 5.73 Å². The number of ether oxygens (including phenoxy) is 2. The second-order valence-electron chi connectivity index (χ2n) is 5.13. The van der Waals surface area contributed by atoms with E-state index in [9.17, 15) is 9.90 Å². The zero-order valence-corrected chi connectivity index (χ0v) is 11.9. The van der Waals surface area contributed by atoms with Gasteiger partial charge in [0.25, 0.3) is 0 Å². The number of hydrogen-bond donors (Lipinski definition) is 3. The van der Waals surface area contributed by atoms with Gasteiger partial charge in [-0.2, -0.15) is 0 Å². The number of carbonyl (C=O) groups excluding carboxylic acids is 1. The van der Waals surface area contributed by atoms with Crippen LogP contribution in [0.5, 0.6) is 0 Å². The molecule has 1 heterocycles. The molecule has 116 valence electrons. The average molecular weight is 294 g/mol. The van der Waals surface area contributed by atoms with Crippen molar-refractivity contribution in [3.8, 4) is 0 Å². The molecule has 1 aliphatic rings. The summed E-state index contributed by atoms with van der Waals surface area (Å²) in [5.74, 6) is 0. The van der Waals surface area contributed by atoms with E-state index in [-0.39, 0.29) is 12.6 Å². The third kappa shape index (κ3) is 5.00. The molecular formula is C15H22N2O4. The fraction of sp³-hybridized carbons (Fsp3) is 0.533. The highest BCUT2D eigenvalue weighted by molar-refractivity contribution is 5.68. The molecule has 1 aromatic rings. The monoisotopic (exact) mass is 294 g/mol. The van der Waals surface area contributed by atoms with Gasteiger partial charge in [0.15, 0.2) is 0 Å². The molecule has 21 heavy (non-hydrogen) atoms. The lowest BCUT2D eigenvalue weighted by molar-refractivity contribution is 0.0704. The van der Waals surface area contributed by atoms with Crippen LogP contribution >= 0.6 is 0 Å². The van der Waals surface area contributed by atoms with Crippen molar-refractivity contribution in [2.45, 2.75) is 31.1 Å². The Balaban J connectivity index is 1.90. The fourth-order valence-electron chi connectivity index (χ4n) is 2.26. The maximum absolute atomic E-state index is 11.9. The standard InChI is InChI=1S/C15H22N2O4/c16-9-14(18)13(8-11-4-2-1-3-5-11)17-15(19)21-12-6-7-20-10-12/h1-5,12-14,18H,6-10,16H2,(H,17,19)/t12-,13-,14+/m0/s1. The van der Waals surface area contributed by atoms with Gasteiger partial charge in [0.2, 0.25) is 0 Å². The van der Waals surface area contributed by atoms with E-state index in [4.69, 9.17) is 15.2 Å². The number of amides is 1. The summed E-state index contributed by atoms with van der Waals surface area (Å²) in [7, 11) is 0. The molecule has 0 bridgehead atoms. The first-order valence-corrected chi connectivity index (χ1v) is 7.16. The third-order valence-electron chi connectivity index (χ3n) is 3.47. The molecular weight excluding hydrogens is 272 g/mol. The quantitative estimate of drug-likeness (QED) is 0.707. The maximum atomic E-state index is 11.9. The molecule has 0 unspecified atom stereocenters. The van der Waals surface area contributed by atoms with Crippen molar-refractivity contribution in [3.05, 3.63) is 35.9 Å². The highest BCUT2D eigenvalue weighted by Gasteiger charge is 2.24. The van der Waals surface area contributed by atoms with E-state index >= 15 is 0 Å². The van der Waals surface area contributed by atoms with E-state index in [1.807, 2.05) is 30.3 Å². The van der Waals surface area contributed by atoms with E-state index < -0.39 is 18.2 Å².